The molecule has 0 saturated heterocycles. The molecule has 0 fully saturated rings. The quantitative estimate of drug-likeness (QED) is 0.913. The van der Waals surface area contributed by atoms with Gasteiger partial charge in [0.2, 0.25) is 0 Å². The molecule has 4 heteroatoms. The molecule has 20 heavy (non-hydrogen) atoms. The molecule has 2 atom stereocenters. The van der Waals surface area contributed by atoms with Gasteiger partial charge in [-0.05, 0) is 31.2 Å². The Morgan fingerprint density at radius 3 is 3.05 bits per heavy atom. The predicted octanol–water partition coefficient (Wildman–Crippen LogP) is 3.44. The minimum atomic E-state index is 0.334. The fourth-order valence-electron chi connectivity index (χ4n) is 3.02. The molecule has 0 saturated carbocycles. The van der Waals surface area contributed by atoms with Gasteiger partial charge in [-0.25, -0.2) is 0 Å². The number of benzene rings is 1. The zero-order valence-corrected chi connectivity index (χ0v) is 12.9. The predicted molar refractivity (Wildman–Crippen MR) is 84.2 cm³/mol. The van der Waals surface area contributed by atoms with Gasteiger partial charge in [0.15, 0.2) is 0 Å². The van der Waals surface area contributed by atoms with Gasteiger partial charge in [-0.3, -0.25) is 4.68 Å². The number of aryl methyl sites for hydroxylation is 1. The zero-order valence-electron chi connectivity index (χ0n) is 12.0. The molecule has 0 bridgehead atoms. The van der Waals surface area contributed by atoms with E-state index in [1.54, 1.807) is 0 Å². The molecule has 106 valence electrons. The molecular formula is C16H21N3S. The fourth-order valence-corrected chi connectivity index (χ4v) is 4.32. The van der Waals surface area contributed by atoms with Gasteiger partial charge >= 0.3 is 0 Å². The van der Waals surface area contributed by atoms with E-state index < -0.39 is 0 Å². The normalized spacial score (nSPS) is 19.0. The second-order valence-corrected chi connectivity index (χ2v) is 6.26. The van der Waals surface area contributed by atoms with Gasteiger partial charge in [0, 0.05) is 29.3 Å². The van der Waals surface area contributed by atoms with Crippen LogP contribution in [0.25, 0.3) is 0 Å². The molecule has 1 aromatic heterocycles. The molecule has 3 rings (SSSR count). The third-order valence-electron chi connectivity index (χ3n) is 3.95. The van der Waals surface area contributed by atoms with Crippen molar-refractivity contribution in [3.63, 3.8) is 0 Å². The van der Waals surface area contributed by atoms with Crippen molar-refractivity contribution in [1.82, 2.24) is 15.1 Å². The summed E-state index contributed by atoms with van der Waals surface area (Å²) in [6, 6.07) is 11.3. The van der Waals surface area contributed by atoms with Crippen LogP contribution in [0.2, 0.25) is 0 Å². The number of thioether (sulfide) groups is 1. The summed E-state index contributed by atoms with van der Waals surface area (Å²) in [7, 11) is 2.06. The van der Waals surface area contributed by atoms with E-state index >= 15 is 0 Å². The first-order chi connectivity index (χ1) is 9.85. The first-order valence-electron chi connectivity index (χ1n) is 7.25. The van der Waals surface area contributed by atoms with Crippen molar-refractivity contribution in [3.05, 3.63) is 47.8 Å². The average Bonchev–Trinajstić information content (AvgIpc) is 3.09. The van der Waals surface area contributed by atoms with E-state index in [0.717, 1.165) is 18.7 Å². The van der Waals surface area contributed by atoms with Crippen LogP contribution in [0, 0.1) is 0 Å². The first kappa shape index (κ1) is 13.7. The highest BCUT2D eigenvalue weighted by Gasteiger charge is 2.31. The molecule has 2 unspecified atom stereocenters. The maximum absolute atomic E-state index is 4.47. The molecule has 2 aromatic rings. The smallest absolute Gasteiger partial charge is 0.0567 e. The van der Waals surface area contributed by atoms with Gasteiger partial charge in [0.05, 0.1) is 11.7 Å². The third kappa shape index (κ3) is 2.38. The van der Waals surface area contributed by atoms with Crippen molar-refractivity contribution in [2.75, 3.05) is 12.8 Å². The molecule has 3 nitrogen and oxygen atoms in total. The van der Waals surface area contributed by atoms with E-state index in [2.05, 4.69) is 59.4 Å². The molecule has 1 aliphatic heterocycles. The van der Waals surface area contributed by atoms with Crippen molar-refractivity contribution >= 4 is 11.8 Å². The van der Waals surface area contributed by atoms with Gasteiger partial charge in [-0.15, -0.1) is 11.8 Å². The Kier molecular flexibility index (Phi) is 4.13. The van der Waals surface area contributed by atoms with Crippen molar-refractivity contribution in [2.45, 2.75) is 36.7 Å². The SMILES string of the molecule is CCCn1nccc1C(NC)C1CSc2ccccc21. The standard InChI is InChI=1S/C16H21N3S/c1-3-10-19-14(8-9-18-19)16(17-2)13-11-20-15-7-5-4-6-12(13)15/h4-9,13,16-17H,3,10-11H2,1-2H3. The van der Waals surface area contributed by atoms with Crippen molar-refractivity contribution in [1.29, 1.82) is 0 Å². The lowest BCUT2D eigenvalue weighted by molar-refractivity contribution is 0.455. The van der Waals surface area contributed by atoms with E-state index in [1.165, 1.54) is 16.2 Å². The first-order valence-corrected chi connectivity index (χ1v) is 8.24. The Labute approximate surface area is 124 Å². The minimum Gasteiger partial charge on any atom is -0.311 e. The van der Waals surface area contributed by atoms with E-state index in [-0.39, 0.29) is 0 Å². The van der Waals surface area contributed by atoms with Crippen molar-refractivity contribution in [3.8, 4) is 0 Å². The molecule has 0 aliphatic carbocycles. The number of hydrogen-bond acceptors (Lipinski definition) is 3. The van der Waals surface area contributed by atoms with Gasteiger partial charge < -0.3 is 5.32 Å². The van der Waals surface area contributed by atoms with E-state index in [9.17, 15) is 0 Å². The molecule has 1 aliphatic rings. The Hall–Kier alpha value is -1.26. The van der Waals surface area contributed by atoms with Crippen molar-refractivity contribution < 1.29 is 0 Å². The zero-order chi connectivity index (χ0) is 13.9. The number of rotatable bonds is 5. The maximum atomic E-state index is 4.47. The summed E-state index contributed by atoms with van der Waals surface area (Å²) in [5, 5.41) is 7.98. The lowest BCUT2D eigenvalue weighted by atomic mass is 9.91. The van der Waals surface area contributed by atoms with Crippen LogP contribution in [-0.4, -0.2) is 22.6 Å². The number of fused-ring (bicyclic) bond motifs is 1. The number of nitrogens with zero attached hydrogens (tertiary/aromatic N) is 2. The second-order valence-electron chi connectivity index (χ2n) is 5.20. The topological polar surface area (TPSA) is 29.9 Å². The molecule has 0 radical (unpaired) electrons. The fraction of sp³-hybridized carbons (Fsp3) is 0.438. The summed E-state index contributed by atoms with van der Waals surface area (Å²) in [5.74, 6) is 1.66. The Morgan fingerprint density at radius 1 is 1.40 bits per heavy atom. The number of aromatic nitrogens is 2. The molecule has 1 aromatic carbocycles. The molecule has 0 spiro atoms. The molecule has 1 N–H and O–H groups in total. The summed E-state index contributed by atoms with van der Waals surface area (Å²) < 4.78 is 2.15. The van der Waals surface area contributed by atoms with Crippen LogP contribution in [-0.2, 0) is 6.54 Å². The number of likely N-dealkylation sites (N-methyl/N-ethyl adjacent to an activating group) is 1. The van der Waals surface area contributed by atoms with Crippen LogP contribution in [0.15, 0.2) is 41.4 Å². The summed E-state index contributed by atoms with van der Waals surface area (Å²) >= 11 is 1.97. The van der Waals surface area contributed by atoms with Gasteiger partial charge in [-0.2, -0.15) is 5.10 Å². The molecule has 2 heterocycles. The van der Waals surface area contributed by atoms with Crippen LogP contribution >= 0.6 is 11.8 Å². The maximum Gasteiger partial charge on any atom is 0.0567 e. The van der Waals surface area contributed by atoms with Crippen LogP contribution in [0.3, 0.4) is 0 Å². The van der Waals surface area contributed by atoms with Crippen LogP contribution in [0.4, 0.5) is 0 Å². The molecular weight excluding hydrogens is 266 g/mol. The van der Waals surface area contributed by atoms with Gasteiger partial charge in [0.25, 0.3) is 0 Å². The lowest BCUT2D eigenvalue weighted by Crippen LogP contribution is -2.26. The number of nitrogens with one attached hydrogen (secondary N) is 1. The Balaban J connectivity index is 1.93. The van der Waals surface area contributed by atoms with E-state index in [4.69, 9.17) is 0 Å². The summed E-state index contributed by atoms with van der Waals surface area (Å²) in [6.07, 6.45) is 3.03. The van der Waals surface area contributed by atoms with Gasteiger partial charge in [0.1, 0.15) is 0 Å². The van der Waals surface area contributed by atoms with Gasteiger partial charge in [-0.1, -0.05) is 25.1 Å². The lowest BCUT2D eigenvalue weighted by Gasteiger charge is -2.24. The van der Waals surface area contributed by atoms with Crippen LogP contribution in [0.1, 0.15) is 36.6 Å². The summed E-state index contributed by atoms with van der Waals surface area (Å²) in [6.45, 7) is 3.18. The van der Waals surface area contributed by atoms with E-state index in [1.807, 2.05) is 18.0 Å². The monoisotopic (exact) mass is 287 g/mol. The largest absolute Gasteiger partial charge is 0.311 e. The highest BCUT2D eigenvalue weighted by Crippen LogP contribution is 2.45. The highest BCUT2D eigenvalue weighted by molar-refractivity contribution is 7.99. The Bertz CT molecular complexity index is 579. The summed E-state index contributed by atoms with van der Waals surface area (Å²) in [5.41, 5.74) is 2.78. The minimum absolute atomic E-state index is 0.334. The third-order valence-corrected chi connectivity index (χ3v) is 5.16. The average molecular weight is 287 g/mol. The number of hydrogen-bond donors (Lipinski definition) is 1. The highest BCUT2D eigenvalue weighted by atomic mass is 32.2. The van der Waals surface area contributed by atoms with Crippen molar-refractivity contribution in [2.24, 2.45) is 0 Å². The summed E-state index contributed by atoms with van der Waals surface area (Å²) in [4.78, 5) is 1.43. The molecule has 0 amide bonds. The van der Waals surface area contributed by atoms with Crippen LogP contribution in [0.5, 0.6) is 0 Å². The second kappa shape index (κ2) is 6.02. The van der Waals surface area contributed by atoms with E-state index in [0.29, 0.717) is 12.0 Å². The van der Waals surface area contributed by atoms with Crippen LogP contribution < -0.4 is 5.32 Å². The Morgan fingerprint density at radius 2 is 2.25 bits per heavy atom.